The number of carbonyl (C=O) groups is 1. The van der Waals surface area contributed by atoms with Gasteiger partial charge in [-0.15, -0.1) is 0 Å². The molecule has 1 aromatic carbocycles. The zero-order valence-electron chi connectivity index (χ0n) is 12.5. The molecule has 3 rings (SSSR count). The largest absolute Gasteiger partial charge is 0.333 e. The Kier molecular flexibility index (Phi) is 4.37. The fourth-order valence-corrected chi connectivity index (χ4v) is 3.11. The van der Waals surface area contributed by atoms with Gasteiger partial charge in [0.1, 0.15) is 18.0 Å². The number of hydrogen-bond donors (Lipinski definition) is 2. The van der Waals surface area contributed by atoms with Crippen LogP contribution in [0.1, 0.15) is 12.2 Å². The number of nitrogens with zero attached hydrogens (tertiary/aromatic N) is 3. The van der Waals surface area contributed by atoms with Gasteiger partial charge in [-0.3, -0.25) is 4.21 Å². The lowest BCUT2D eigenvalue weighted by atomic mass is 10.1. The molecule has 1 aliphatic heterocycles. The van der Waals surface area contributed by atoms with Gasteiger partial charge in [-0.2, -0.15) is 5.10 Å². The third-order valence-electron chi connectivity index (χ3n) is 3.64. The second kappa shape index (κ2) is 6.45. The first-order chi connectivity index (χ1) is 11.0. The second-order valence-corrected chi connectivity index (χ2v) is 6.64. The molecule has 0 bridgehead atoms. The maximum absolute atomic E-state index is 13.8. The highest BCUT2D eigenvalue weighted by molar-refractivity contribution is 7.84. The van der Waals surface area contributed by atoms with E-state index < -0.39 is 22.6 Å². The summed E-state index contributed by atoms with van der Waals surface area (Å²) in [5, 5.41) is 9.50. The third kappa shape index (κ3) is 3.55. The predicted molar refractivity (Wildman–Crippen MR) is 83.0 cm³/mol. The van der Waals surface area contributed by atoms with E-state index in [9.17, 15) is 13.4 Å². The summed E-state index contributed by atoms with van der Waals surface area (Å²) in [4.78, 5) is 16.3. The molecule has 2 amide bonds. The maximum atomic E-state index is 13.8. The van der Waals surface area contributed by atoms with Crippen LogP contribution in [0.25, 0.3) is 0 Å². The first-order valence-corrected chi connectivity index (χ1v) is 8.66. The van der Waals surface area contributed by atoms with E-state index in [0.717, 1.165) is 24.7 Å². The Morgan fingerprint density at radius 3 is 3.04 bits per heavy atom. The molecular weight excluding hydrogens is 321 g/mol. The van der Waals surface area contributed by atoms with Crippen LogP contribution < -0.4 is 10.6 Å². The summed E-state index contributed by atoms with van der Waals surface area (Å²) in [5.74, 6) is 0.308. The zero-order chi connectivity index (χ0) is 16.4. The van der Waals surface area contributed by atoms with Crippen LogP contribution in [0, 0.1) is 5.82 Å². The van der Waals surface area contributed by atoms with Gasteiger partial charge in [0.2, 0.25) is 0 Å². The van der Waals surface area contributed by atoms with E-state index in [1.54, 1.807) is 4.68 Å². The van der Waals surface area contributed by atoms with Crippen LogP contribution in [0.15, 0.2) is 29.4 Å². The van der Waals surface area contributed by atoms with Crippen LogP contribution in [-0.4, -0.2) is 37.3 Å². The number of rotatable bonds is 3. The van der Waals surface area contributed by atoms with E-state index in [4.69, 9.17) is 0 Å². The number of aromatic nitrogens is 3. The van der Waals surface area contributed by atoms with Crippen molar-refractivity contribution in [2.45, 2.75) is 30.3 Å². The van der Waals surface area contributed by atoms with Gasteiger partial charge in [0.05, 0.1) is 28.3 Å². The minimum atomic E-state index is -1.40. The van der Waals surface area contributed by atoms with Crippen LogP contribution in [0.2, 0.25) is 0 Å². The number of halogens is 1. The fourth-order valence-electron chi connectivity index (χ4n) is 2.52. The molecule has 2 heterocycles. The normalized spacial score (nSPS) is 18.1. The van der Waals surface area contributed by atoms with Gasteiger partial charge < -0.3 is 10.6 Å². The lowest BCUT2D eigenvalue weighted by molar-refractivity contribution is 0.243. The van der Waals surface area contributed by atoms with Crippen molar-refractivity contribution in [1.29, 1.82) is 0 Å². The van der Waals surface area contributed by atoms with Gasteiger partial charge in [-0.25, -0.2) is 18.9 Å². The quantitative estimate of drug-likeness (QED) is 0.883. The van der Waals surface area contributed by atoms with Crippen molar-refractivity contribution in [3.63, 3.8) is 0 Å². The number of nitrogens with one attached hydrogen (secondary N) is 2. The van der Waals surface area contributed by atoms with Gasteiger partial charge in [-0.05, 0) is 24.6 Å². The molecule has 0 aliphatic carbocycles. The van der Waals surface area contributed by atoms with Crippen molar-refractivity contribution in [2.24, 2.45) is 0 Å². The lowest BCUT2D eigenvalue weighted by Gasteiger charge is -2.23. The summed E-state index contributed by atoms with van der Waals surface area (Å²) in [6, 6.07) is 3.62. The number of urea groups is 1. The smallest absolute Gasteiger partial charge is 0.319 e. The molecule has 2 N–H and O–H groups in total. The summed E-state index contributed by atoms with van der Waals surface area (Å²) in [6.07, 6.45) is 4.42. The number of aryl methyl sites for hydroxylation is 1. The van der Waals surface area contributed by atoms with Gasteiger partial charge in [0.15, 0.2) is 0 Å². The summed E-state index contributed by atoms with van der Waals surface area (Å²) in [7, 11) is -1.40. The van der Waals surface area contributed by atoms with E-state index in [1.165, 1.54) is 24.7 Å². The minimum absolute atomic E-state index is 0.0588. The first-order valence-electron chi connectivity index (χ1n) is 7.10. The molecule has 1 aliphatic rings. The average molecular weight is 337 g/mol. The summed E-state index contributed by atoms with van der Waals surface area (Å²) >= 11 is 0. The number of amides is 2. The monoisotopic (exact) mass is 337 g/mol. The molecule has 0 radical (unpaired) electrons. The maximum Gasteiger partial charge on any atom is 0.319 e. The van der Waals surface area contributed by atoms with E-state index >= 15 is 0 Å². The highest BCUT2D eigenvalue weighted by atomic mass is 32.2. The first kappa shape index (κ1) is 15.6. The predicted octanol–water partition coefficient (Wildman–Crippen LogP) is 1.29. The van der Waals surface area contributed by atoms with Crippen LogP contribution in [0.4, 0.5) is 14.9 Å². The van der Waals surface area contributed by atoms with Crippen LogP contribution in [0.3, 0.4) is 0 Å². The zero-order valence-corrected chi connectivity index (χ0v) is 13.3. The highest BCUT2D eigenvalue weighted by Crippen LogP contribution is 2.17. The Morgan fingerprint density at radius 1 is 1.48 bits per heavy atom. The molecule has 122 valence electrons. The summed E-state index contributed by atoms with van der Waals surface area (Å²) in [6.45, 7) is 0.560. The summed E-state index contributed by atoms with van der Waals surface area (Å²) < 4.78 is 26.8. The molecule has 7 nitrogen and oxygen atoms in total. The molecule has 2 atom stereocenters. The van der Waals surface area contributed by atoms with Crippen LogP contribution >= 0.6 is 0 Å². The number of hydrogen-bond acceptors (Lipinski definition) is 4. The molecule has 0 spiro atoms. The number of carbonyl (C=O) groups excluding carboxylic acids is 1. The number of benzene rings is 1. The van der Waals surface area contributed by atoms with Gasteiger partial charge in [0.25, 0.3) is 0 Å². The molecule has 0 saturated heterocycles. The van der Waals surface area contributed by atoms with Crippen molar-refractivity contribution in [1.82, 2.24) is 20.1 Å². The topological polar surface area (TPSA) is 88.9 Å². The van der Waals surface area contributed by atoms with Gasteiger partial charge in [0, 0.05) is 18.4 Å². The molecule has 0 fully saturated rings. The second-order valence-electron chi connectivity index (χ2n) is 5.29. The third-order valence-corrected chi connectivity index (χ3v) is 4.59. The van der Waals surface area contributed by atoms with Crippen molar-refractivity contribution in [2.75, 3.05) is 11.6 Å². The SMILES string of the molecule is C[S@](=O)c1ccc(NC(=O)N[C@@H]2CCc3ncnn3C2)cc1F. The Balaban J connectivity index is 1.60. The van der Waals surface area contributed by atoms with E-state index in [-0.39, 0.29) is 10.9 Å². The average Bonchev–Trinajstić information content (AvgIpc) is 2.94. The van der Waals surface area contributed by atoms with E-state index in [0.29, 0.717) is 12.2 Å². The lowest BCUT2D eigenvalue weighted by Crippen LogP contribution is -2.43. The molecular formula is C14H16FN5O2S. The van der Waals surface area contributed by atoms with Crippen molar-refractivity contribution in [3.05, 3.63) is 36.2 Å². The molecule has 1 aromatic heterocycles. The molecule has 2 aromatic rings. The Hall–Kier alpha value is -2.29. The van der Waals surface area contributed by atoms with Crippen molar-refractivity contribution in [3.8, 4) is 0 Å². The molecule has 0 unspecified atom stereocenters. The minimum Gasteiger partial charge on any atom is -0.333 e. The van der Waals surface area contributed by atoms with Crippen LogP contribution in [-0.2, 0) is 23.8 Å². The standard InChI is InChI=1S/C14H16FN5O2S/c1-23(22)12-4-2-9(6-11(12)15)18-14(21)19-10-3-5-13-16-8-17-20(13)7-10/h2,4,6,8,10H,3,5,7H2,1H3,(H2,18,19,21)/t10-,23+/m1/s1. The van der Waals surface area contributed by atoms with E-state index in [1.807, 2.05) is 0 Å². The number of anilines is 1. The highest BCUT2D eigenvalue weighted by Gasteiger charge is 2.21. The molecule has 23 heavy (non-hydrogen) atoms. The van der Waals surface area contributed by atoms with Crippen molar-refractivity contribution < 1.29 is 13.4 Å². The Labute approximate surface area is 134 Å². The number of fused-ring (bicyclic) bond motifs is 1. The van der Waals surface area contributed by atoms with E-state index in [2.05, 4.69) is 20.7 Å². The Morgan fingerprint density at radius 2 is 2.30 bits per heavy atom. The Bertz CT molecular complexity index is 763. The molecule has 0 saturated carbocycles. The van der Waals surface area contributed by atoms with Crippen molar-refractivity contribution >= 4 is 22.5 Å². The summed E-state index contributed by atoms with van der Waals surface area (Å²) in [5.41, 5.74) is 0.312. The fraction of sp³-hybridized carbons (Fsp3) is 0.357. The van der Waals surface area contributed by atoms with Gasteiger partial charge >= 0.3 is 6.03 Å². The molecule has 9 heteroatoms. The van der Waals surface area contributed by atoms with Gasteiger partial charge in [-0.1, -0.05) is 0 Å². The van der Waals surface area contributed by atoms with Crippen LogP contribution in [0.5, 0.6) is 0 Å².